The molecule has 1 saturated carbocycles. The summed E-state index contributed by atoms with van der Waals surface area (Å²) < 4.78 is 0. The molecule has 1 saturated heterocycles. The average molecular weight is 243 g/mol. The third-order valence-electron chi connectivity index (χ3n) is 4.77. The van der Waals surface area contributed by atoms with Crippen molar-refractivity contribution in [2.45, 2.75) is 56.8 Å². The number of benzene rings is 1. The van der Waals surface area contributed by atoms with E-state index in [1.807, 2.05) is 0 Å². The lowest BCUT2D eigenvalue weighted by molar-refractivity contribution is 0.591. The molecule has 1 nitrogen and oxygen atoms in total. The fourth-order valence-electron chi connectivity index (χ4n) is 3.62. The first-order valence-corrected chi connectivity index (χ1v) is 7.74. The van der Waals surface area contributed by atoms with Crippen molar-refractivity contribution in [3.05, 3.63) is 35.4 Å². The molecule has 0 bridgehead atoms. The molecule has 2 fully saturated rings. The van der Waals surface area contributed by atoms with Gasteiger partial charge in [0.15, 0.2) is 0 Å². The van der Waals surface area contributed by atoms with E-state index in [9.17, 15) is 0 Å². The smallest absolute Gasteiger partial charge is 0.00206 e. The maximum atomic E-state index is 3.48. The van der Waals surface area contributed by atoms with Crippen LogP contribution in [0.5, 0.6) is 0 Å². The Morgan fingerprint density at radius 1 is 0.833 bits per heavy atom. The molecule has 1 aromatic rings. The van der Waals surface area contributed by atoms with Crippen LogP contribution in [-0.4, -0.2) is 13.1 Å². The summed E-state index contributed by atoms with van der Waals surface area (Å²) in [5.74, 6) is 1.59. The monoisotopic (exact) mass is 243 g/mol. The third kappa shape index (κ3) is 2.77. The molecule has 0 aromatic heterocycles. The number of rotatable bonds is 2. The molecule has 0 amide bonds. The zero-order valence-corrected chi connectivity index (χ0v) is 11.3. The SMILES string of the molecule is c1cc(C2CCCCCC2)cc(C2CCNC2)c1. The second-order valence-corrected chi connectivity index (χ2v) is 6.05. The largest absolute Gasteiger partial charge is 0.316 e. The Balaban J connectivity index is 1.76. The van der Waals surface area contributed by atoms with Crippen LogP contribution in [0.3, 0.4) is 0 Å². The molecule has 1 unspecified atom stereocenters. The zero-order valence-electron chi connectivity index (χ0n) is 11.3. The highest BCUT2D eigenvalue weighted by molar-refractivity contribution is 5.30. The van der Waals surface area contributed by atoms with Crippen molar-refractivity contribution in [3.63, 3.8) is 0 Å². The molecule has 0 radical (unpaired) electrons. The van der Waals surface area contributed by atoms with Gasteiger partial charge in [-0.15, -0.1) is 0 Å². The predicted octanol–water partition coefficient (Wildman–Crippen LogP) is 4.20. The molecule has 1 heteroatoms. The number of hydrogen-bond donors (Lipinski definition) is 1. The van der Waals surface area contributed by atoms with Crippen LogP contribution in [0.15, 0.2) is 24.3 Å². The molecule has 98 valence electrons. The number of hydrogen-bond acceptors (Lipinski definition) is 1. The van der Waals surface area contributed by atoms with Gasteiger partial charge in [-0.3, -0.25) is 0 Å². The average Bonchev–Trinajstić information content (AvgIpc) is 2.82. The van der Waals surface area contributed by atoms with Gasteiger partial charge in [0.2, 0.25) is 0 Å². The molecule has 1 aliphatic carbocycles. The molecule has 1 heterocycles. The summed E-state index contributed by atoms with van der Waals surface area (Å²) in [6, 6.07) is 9.49. The van der Waals surface area contributed by atoms with E-state index in [1.54, 1.807) is 11.1 Å². The summed E-state index contributed by atoms with van der Waals surface area (Å²) in [6.45, 7) is 2.37. The van der Waals surface area contributed by atoms with Crippen LogP contribution in [0.2, 0.25) is 0 Å². The highest BCUT2D eigenvalue weighted by atomic mass is 14.9. The summed E-state index contributed by atoms with van der Waals surface area (Å²) >= 11 is 0. The standard InChI is InChI=1S/C17H25N/c1-2-4-7-14(6-3-1)15-8-5-9-16(12-15)17-10-11-18-13-17/h5,8-9,12,14,17-18H,1-4,6-7,10-11,13H2. The fourth-order valence-corrected chi connectivity index (χ4v) is 3.62. The lowest BCUT2D eigenvalue weighted by Crippen LogP contribution is -2.08. The third-order valence-corrected chi connectivity index (χ3v) is 4.77. The summed E-state index contributed by atoms with van der Waals surface area (Å²) in [5.41, 5.74) is 3.18. The molecule has 18 heavy (non-hydrogen) atoms. The summed E-state index contributed by atoms with van der Waals surface area (Å²) in [6.07, 6.45) is 9.89. The quantitative estimate of drug-likeness (QED) is 0.768. The van der Waals surface area contributed by atoms with E-state index >= 15 is 0 Å². The molecular weight excluding hydrogens is 218 g/mol. The van der Waals surface area contributed by atoms with E-state index in [1.165, 1.54) is 58.0 Å². The first kappa shape index (κ1) is 12.2. The van der Waals surface area contributed by atoms with Gasteiger partial charge in [-0.25, -0.2) is 0 Å². The molecule has 1 N–H and O–H groups in total. The van der Waals surface area contributed by atoms with E-state index in [0.717, 1.165) is 11.8 Å². The highest BCUT2D eigenvalue weighted by Crippen LogP contribution is 2.33. The molecule has 0 spiro atoms. The summed E-state index contributed by atoms with van der Waals surface area (Å²) in [7, 11) is 0. The Hall–Kier alpha value is -0.820. The van der Waals surface area contributed by atoms with E-state index in [2.05, 4.69) is 29.6 Å². The summed E-state index contributed by atoms with van der Waals surface area (Å²) in [4.78, 5) is 0. The van der Waals surface area contributed by atoms with Crippen molar-refractivity contribution >= 4 is 0 Å². The van der Waals surface area contributed by atoms with E-state index in [0.29, 0.717) is 0 Å². The Bertz CT molecular complexity index is 371. The maximum Gasteiger partial charge on any atom is 0.00206 e. The van der Waals surface area contributed by atoms with Crippen molar-refractivity contribution in [1.29, 1.82) is 0 Å². The molecule has 1 aliphatic heterocycles. The van der Waals surface area contributed by atoms with Crippen LogP contribution in [0, 0.1) is 0 Å². The van der Waals surface area contributed by atoms with Gasteiger partial charge in [-0.1, -0.05) is 49.9 Å². The highest BCUT2D eigenvalue weighted by Gasteiger charge is 2.19. The van der Waals surface area contributed by atoms with Gasteiger partial charge in [-0.2, -0.15) is 0 Å². The Morgan fingerprint density at radius 3 is 2.22 bits per heavy atom. The van der Waals surface area contributed by atoms with Gasteiger partial charge in [-0.05, 0) is 48.8 Å². The van der Waals surface area contributed by atoms with Crippen LogP contribution < -0.4 is 5.32 Å². The second kappa shape index (κ2) is 5.88. The van der Waals surface area contributed by atoms with E-state index in [-0.39, 0.29) is 0 Å². The van der Waals surface area contributed by atoms with Crippen molar-refractivity contribution in [1.82, 2.24) is 5.32 Å². The van der Waals surface area contributed by atoms with Crippen molar-refractivity contribution in [3.8, 4) is 0 Å². The lowest BCUT2D eigenvalue weighted by Gasteiger charge is -2.17. The Labute approximate surface area is 111 Å². The molecular formula is C17H25N. The maximum absolute atomic E-state index is 3.48. The van der Waals surface area contributed by atoms with Gasteiger partial charge < -0.3 is 5.32 Å². The lowest BCUT2D eigenvalue weighted by atomic mass is 9.88. The Morgan fingerprint density at radius 2 is 1.56 bits per heavy atom. The second-order valence-electron chi connectivity index (χ2n) is 6.05. The van der Waals surface area contributed by atoms with Crippen LogP contribution in [0.25, 0.3) is 0 Å². The number of nitrogens with one attached hydrogen (secondary N) is 1. The molecule has 3 rings (SSSR count). The predicted molar refractivity (Wildman–Crippen MR) is 77.1 cm³/mol. The molecule has 1 atom stereocenters. The van der Waals surface area contributed by atoms with Gasteiger partial charge in [0.1, 0.15) is 0 Å². The normalized spacial score (nSPS) is 26.1. The molecule has 2 aliphatic rings. The van der Waals surface area contributed by atoms with Crippen molar-refractivity contribution in [2.75, 3.05) is 13.1 Å². The zero-order chi connectivity index (χ0) is 12.2. The van der Waals surface area contributed by atoms with Gasteiger partial charge in [0.05, 0.1) is 0 Å². The minimum atomic E-state index is 0.760. The minimum absolute atomic E-state index is 0.760. The fraction of sp³-hybridized carbons (Fsp3) is 0.647. The van der Waals surface area contributed by atoms with Gasteiger partial charge in [0, 0.05) is 6.54 Å². The van der Waals surface area contributed by atoms with E-state index in [4.69, 9.17) is 0 Å². The molecule has 1 aromatic carbocycles. The van der Waals surface area contributed by atoms with Gasteiger partial charge in [0.25, 0.3) is 0 Å². The topological polar surface area (TPSA) is 12.0 Å². The first-order valence-electron chi connectivity index (χ1n) is 7.74. The van der Waals surface area contributed by atoms with Crippen molar-refractivity contribution < 1.29 is 0 Å². The first-order chi connectivity index (χ1) is 8.93. The van der Waals surface area contributed by atoms with Crippen LogP contribution in [0.4, 0.5) is 0 Å². The minimum Gasteiger partial charge on any atom is -0.316 e. The Kier molecular flexibility index (Phi) is 3.99. The van der Waals surface area contributed by atoms with Crippen LogP contribution in [0.1, 0.15) is 67.9 Å². The van der Waals surface area contributed by atoms with Crippen LogP contribution in [-0.2, 0) is 0 Å². The van der Waals surface area contributed by atoms with E-state index < -0.39 is 0 Å². The summed E-state index contributed by atoms with van der Waals surface area (Å²) in [5, 5.41) is 3.48. The van der Waals surface area contributed by atoms with Crippen molar-refractivity contribution in [2.24, 2.45) is 0 Å². The van der Waals surface area contributed by atoms with Gasteiger partial charge >= 0.3 is 0 Å². The van der Waals surface area contributed by atoms with Crippen LogP contribution >= 0.6 is 0 Å².